The number of methoxy groups -OCH3 is 1. The van der Waals surface area contributed by atoms with E-state index in [-0.39, 0.29) is 17.9 Å². The molecule has 0 unspecified atom stereocenters. The average Bonchev–Trinajstić information content (AvgIpc) is 2.41. The zero-order valence-corrected chi connectivity index (χ0v) is 11.2. The zero-order valence-electron chi connectivity index (χ0n) is 11.2. The van der Waals surface area contributed by atoms with Crippen LogP contribution in [-0.2, 0) is 9.53 Å². The van der Waals surface area contributed by atoms with E-state index in [4.69, 9.17) is 4.74 Å². The van der Waals surface area contributed by atoms with Crippen LogP contribution in [0.4, 0.5) is 0 Å². The number of pyridine rings is 1. The maximum absolute atomic E-state index is 12.5. The highest BCUT2D eigenvalue weighted by atomic mass is 16.5. The lowest BCUT2D eigenvalue weighted by Crippen LogP contribution is -2.52. The van der Waals surface area contributed by atoms with Gasteiger partial charge in [-0.1, -0.05) is 0 Å². The fourth-order valence-corrected chi connectivity index (χ4v) is 2.25. The van der Waals surface area contributed by atoms with Crippen molar-refractivity contribution in [2.75, 3.05) is 7.11 Å². The van der Waals surface area contributed by atoms with Crippen LogP contribution in [-0.4, -0.2) is 41.0 Å². The van der Waals surface area contributed by atoms with E-state index in [1.54, 1.807) is 36.4 Å². The van der Waals surface area contributed by atoms with E-state index in [1.807, 2.05) is 0 Å². The number of esters is 1. The van der Waals surface area contributed by atoms with Crippen LogP contribution in [0, 0.1) is 0 Å². The standard InChI is InChI=1S/C14H18N2O3/c1-10(14(18)19-2)16(12-4-3-5-12)13(17)11-6-8-15-9-7-11/h6-10,12H,3-5H2,1-2H3/t10-/m0/s1. The summed E-state index contributed by atoms with van der Waals surface area (Å²) < 4.78 is 4.75. The second-order valence-electron chi connectivity index (χ2n) is 4.73. The Labute approximate surface area is 112 Å². The van der Waals surface area contributed by atoms with E-state index in [1.165, 1.54) is 7.11 Å². The molecule has 1 aromatic rings. The summed E-state index contributed by atoms with van der Waals surface area (Å²) in [6.07, 6.45) is 6.14. The van der Waals surface area contributed by atoms with Crippen molar-refractivity contribution < 1.29 is 14.3 Å². The summed E-state index contributed by atoms with van der Waals surface area (Å²) in [6, 6.07) is 2.90. The van der Waals surface area contributed by atoms with Crippen LogP contribution in [0.1, 0.15) is 36.5 Å². The summed E-state index contributed by atoms with van der Waals surface area (Å²) in [4.78, 5) is 29.8. The lowest BCUT2D eigenvalue weighted by Gasteiger charge is -2.40. The monoisotopic (exact) mass is 262 g/mol. The topological polar surface area (TPSA) is 59.5 Å². The molecule has 1 amide bonds. The highest BCUT2D eigenvalue weighted by Gasteiger charge is 2.36. The number of carbonyl (C=O) groups is 2. The number of ether oxygens (including phenoxy) is 1. The molecule has 1 aromatic heterocycles. The summed E-state index contributed by atoms with van der Waals surface area (Å²) in [5.41, 5.74) is 0.553. The Bertz CT molecular complexity index is 457. The van der Waals surface area contributed by atoms with Gasteiger partial charge < -0.3 is 9.64 Å². The van der Waals surface area contributed by atoms with Crippen LogP contribution < -0.4 is 0 Å². The van der Waals surface area contributed by atoms with Gasteiger partial charge in [0.15, 0.2) is 0 Å². The summed E-state index contributed by atoms with van der Waals surface area (Å²) in [5, 5.41) is 0. The van der Waals surface area contributed by atoms with Crippen molar-refractivity contribution in [1.29, 1.82) is 0 Å². The smallest absolute Gasteiger partial charge is 0.328 e. The van der Waals surface area contributed by atoms with Gasteiger partial charge >= 0.3 is 5.97 Å². The SMILES string of the molecule is COC(=O)[C@H](C)N(C(=O)c1ccncc1)C1CCC1. The summed E-state index contributed by atoms with van der Waals surface area (Å²) in [5.74, 6) is -0.515. The van der Waals surface area contributed by atoms with Gasteiger partial charge in [0, 0.05) is 24.0 Å². The molecule has 0 radical (unpaired) electrons. The minimum atomic E-state index is -0.559. The second-order valence-corrected chi connectivity index (χ2v) is 4.73. The molecule has 5 heteroatoms. The first-order chi connectivity index (χ1) is 9.15. The number of nitrogens with zero attached hydrogens (tertiary/aromatic N) is 2. The minimum Gasteiger partial charge on any atom is -0.467 e. The van der Waals surface area contributed by atoms with Crippen LogP contribution in [0.3, 0.4) is 0 Å². The van der Waals surface area contributed by atoms with E-state index < -0.39 is 6.04 Å². The van der Waals surface area contributed by atoms with E-state index >= 15 is 0 Å². The van der Waals surface area contributed by atoms with Crippen molar-refractivity contribution in [1.82, 2.24) is 9.88 Å². The fourth-order valence-electron chi connectivity index (χ4n) is 2.25. The fraction of sp³-hybridized carbons (Fsp3) is 0.500. The Hall–Kier alpha value is -1.91. The first kappa shape index (κ1) is 13.5. The van der Waals surface area contributed by atoms with E-state index in [9.17, 15) is 9.59 Å². The van der Waals surface area contributed by atoms with Gasteiger partial charge in [0.2, 0.25) is 0 Å². The first-order valence-corrected chi connectivity index (χ1v) is 6.45. The Morgan fingerprint density at radius 2 is 2.00 bits per heavy atom. The normalized spacial score (nSPS) is 16.3. The molecule has 0 N–H and O–H groups in total. The van der Waals surface area contributed by atoms with E-state index in [2.05, 4.69) is 4.98 Å². The highest BCUT2D eigenvalue weighted by molar-refractivity contribution is 5.96. The summed E-state index contributed by atoms with van der Waals surface area (Å²) in [7, 11) is 1.34. The highest BCUT2D eigenvalue weighted by Crippen LogP contribution is 2.28. The van der Waals surface area contributed by atoms with Gasteiger partial charge in [0.1, 0.15) is 6.04 Å². The van der Waals surface area contributed by atoms with Crippen molar-refractivity contribution >= 4 is 11.9 Å². The van der Waals surface area contributed by atoms with Crippen LogP contribution in [0.15, 0.2) is 24.5 Å². The third-order valence-corrected chi connectivity index (χ3v) is 3.59. The van der Waals surface area contributed by atoms with Crippen molar-refractivity contribution in [2.45, 2.75) is 38.3 Å². The van der Waals surface area contributed by atoms with Crippen LogP contribution >= 0.6 is 0 Å². The number of hydrogen-bond donors (Lipinski definition) is 0. The Morgan fingerprint density at radius 3 is 2.47 bits per heavy atom. The molecule has 1 heterocycles. The Kier molecular flexibility index (Phi) is 4.14. The van der Waals surface area contributed by atoms with Crippen molar-refractivity contribution in [2.24, 2.45) is 0 Å². The summed E-state index contributed by atoms with van der Waals surface area (Å²) in [6.45, 7) is 1.71. The molecule has 1 saturated carbocycles. The first-order valence-electron chi connectivity index (χ1n) is 6.45. The number of amides is 1. The molecule has 1 fully saturated rings. The molecule has 0 aliphatic heterocycles. The molecule has 1 aliphatic rings. The molecule has 19 heavy (non-hydrogen) atoms. The van der Waals surface area contributed by atoms with Gasteiger partial charge in [-0.25, -0.2) is 4.79 Å². The van der Waals surface area contributed by atoms with Crippen molar-refractivity contribution in [3.8, 4) is 0 Å². The maximum atomic E-state index is 12.5. The van der Waals surface area contributed by atoms with Gasteiger partial charge in [0.25, 0.3) is 5.91 Å². The quantitative estimate of drug-likeness (QED) is 0.774. The number of aromatic nitrogens is 1. The van der Waals surface area contributed by atoms with Crippen molar-refractivity contribution in [3.05, 3.63) is 30.1 Å². The van der Waals surface area contributed by atoms with Gasteiger partial charge in [-0.15, -0.1) is 0 Å². The molecule has 0 spiro atoms. The number of carbonyl (C=O) groups excluding carboxylic acids is 2. The third-order valence-electron chi connectivity index (χ3n) is 3.59. The van der Waals surface area contributed by atoms with E-state index in [0.717, 1.165) is 19.3 Å². The molecule has 1 atom stereocenters. The molecule has 0 bridgehead atoms. The lowest BCUT2D eigenvalue weighted by molar-refractivity contribution is -0.146. The molecule has 2 rings (SSSR count). The van der Waals surface area contributed by atoms with Crippen LogP contribution in [0.2, 0.25) is 0 Å². The molecule has 102 valence electrons. The molecule has 1 aliphatic carbocycles. The Morgan fingerprint density at radius 1 is 1.37 bits per heavy atom. The second kappa shape index (κ2) is 5.82. The molecule has 0 saturated heterocycles. The third kappa shape index (κ3) is 2.75. The van der Waals surface area contributed by atoms with Crippen molar-refractivity contribution in [3.63, 3.8) is 0 Å². The minimum absolute atomic E-state index is 0.134. The zero-order chi connectivity index (χ0) is 13.8. The molecule has 0 aromatic carbocycles. The van der Waals surface area contributed by atoms with Gasteiger partial charge in [-0.05, 0) is 38.3 Å². The maximum Gasteiger partial charge on any atom is 0.328 e. The number of rotatable bonds is 4. The predicted octanol–water partition coefficient (Wildman–Crippen LogP) is 1.64. The largest absolute Gasteiger partial charge is 0.467 e. The van der Waals surface area contributed by atoms with Gasteiger partial charge in [-0.2, -0.15) is 0 Å². The molecular weight excluding hydrogens is 244 g/mol. The van der Waals surface area contributed by atoms with Gasteiger partial charge in [-0.3, -0.25) is 9.78 Å². The predicted molar refractivity (Wildman–Crippen MR) is 69.5 cm³/mol. The summed E-state index contributed by atoms with van der Waals surface area (Å²) >= 11 is 0. The molecule has 5 nitrogen and oxygen atoms in total. The molecular formula is C14H18N2O3. The number of hydrogen-bond acceptors (Lipinski definition) is 4. The lowest BCUT2D eigenvalue weighted by atomic mass is 9.90. The van der Waals surface area contributed by atoms with Crippen LogP contribution in [0.5, 0.6) is 0 Å². The van der Waals surface area contributed by atoms with E-state index in [0.29, 0.717) is 5.56 Å². The average molecular weight is 262 g/mol. The van der Waals surface area contributed by atoms with Crippen LogP contribution in [0.25, 0.3) is 0 Å². The van der Waals surface area contributed by atoms with Gasteiger partial charge in [0.05, 0.1) is 7.11 Å². The Balaban J connectivity index is 2.22.